The van der Waals surface area contributed by atoms with Gasteiger partial charge in [-0.25, -0.2) is 0 Å². The zero-order valence-corrected chi connectivity index (χ0v) is 11.0. The van der Waals surface area contributed by atoms with Crippen molar-refractivity contribution in [1.82, 2.24) is 5.01 Å². The summed E-state index contributed by atoms with van der Waals surface area (Å²) in [5.41, 5.74) is 3.43. The number of hydrogen-bond acceptors (Lipinski definition) is 2. The molecule has 1 aliphatic rings. The van der Waals surface area contributed by atoms with Crippen molar-refractivity contribution in [2.45, 2.75) is 12.8 Å². The lowest BCUT2D eigenvalue weighted by atomic mass is 10.0. The van der Waals surface area contributed by atoms with Gasteiger partial charge in [-0.3, -0.25) is 5.01 Å². The molecule has 2 aromatic rings. The largest absolute Gasteiger partial charge is 0.296 e. The first-order valence-electron chi connectivity index (χ1n) is 6.88. The van der Waals surface area contributed by atoms with Crippen LogP contribution in [0.25, 0.3) is 0 Å². The highest BCUT2D eigenvalue weighted by molar-refractivity contribution is 6.12. The highest BCUT2D eigenvalue weighted by atomic mass is 15.5. The topological polar surface area (TPSA) is 15.6 Å². The Morgan fingerprint density at radius 2 is 1.21 bits per heavy atom. The van der Waals surface area contributed by atoms with Crippen LogP contribution in [0.3, 0.4) is 0 Å². The molecule has 0 N–H and O–H groups in total. The first kappa shape index (κ1) is 12.0. The maximum Gasteiger partial charge on any atom is 0.0976 e. The average molecular weight is 250 g/mol. The molecule has 1 aliphatic heterocycles. The van der Waals surface area contributed by atoms with Gasteiger partial charge in [0.25, 0.3) is 0 Å². The van der Waals surface area contributed by atoms with Crippen LogP contribution in [-0.2, 0) is 0 Å². The monoisotopic (exact) mass is 250 g/mol. The first-order chi connectivity index (χ1) is 9.43. The highest BCUT2D eigenvalue weighted by Gasteiger charge is 2.12. The van der Waals surface area contributed by atoms with Gasteiger partial charge in [0.2, 0.25) is 0 Å². The minimum Gasteiger partial charge on any atom is -0.296 e. The van der Waals surface area contributed by atoms with Gasteiger partial charge in [0.15, 0.2) is 0 Å². The number of hydrazone groups is 1. The fourth-order valence-electron chi connectivity index (χ4n) is 2.42. The molecular formula is C17H18N2. The minimum absolute atomic E-state index is 1.07. The molecule has 0 unspecified atom stereocenters. The molecule has 19 heavy (non-hydrogen) atoms. The molecule has 0 bridgehead atoms. The molecule has 0 amide bonds. The van der Waals surface area contributed by atoms with Gasteiger partial charge in [-0.2, -0.15) is 5.10 Å². The molecule has 2 heteroatoms. The summed E-state index contributed by atoms with van der Waals surface area (Å²) in [4.78, 5) is 0. The lowest BCUT2D eigenvalue weighted by Crippen LogP contribution is -2.16. The van der Waals surface area contributed by atoms with Gasteiger partial charge in [0, 0.05) is 24.2 Å². The quantitative estimate of drug-likeness (QED) is 0.761. The zero-order valence-electron chi connectivity index (χ0n) is 11.0. The average Bonchev–Trinajstić information content (AvgIpc) is 3.00. The van der Waals surface area contributed by atoms with E-state index in [0.717, 1.165) is 18.8 Å². The molecule has 1 heterocycles. The number of nitrogens with zero attached hydrogens (tertiary/aromatic N) is 2. The molecule has 0 aromatic heterocycles. The summed E-state index contributed by atoms with van der Waals surface area (Å²) in [6.45, 7) is 2.15. The van der Waals surface area contributed by atoms with Crippen molar-refractivity contribution in [2.75, 3.05) is 13.1 Å². The predicted octanol–water partition coefficient (Wildman–Crippen LogP) is 3.53. The Bertz CT molecular complexity index is 498. The Morgan fingerprint density at radius 3 is 1.68 bits per heavy atom. The van der Waals surface area contributed by atoms with Crippen LogP contribution in [0.5, 0.6) is 0 Å². The number of benzene rings is 2. The molecule has 96 valence electrons. The number of hydrogen-bond donors (Lipinski definition) is 0. The van der Waals surface area contributed by atoms with Crippen LogP contribution in [0, 0.1) is 0 Å². The van der Waals surface area contributed by atoms with E-state index in [1.807, 2.05) is 12.1 Å². The van der Waals surface area contributed by atoms with Gasteiger partial charge in [-0.15, -0.1) is 0 Å². The van der Waals surface area contributed by atoms with Gasteiger partial charge < -0.3 is 0 Å². The lowest BCUT2D eigenvalue weighted by molar-refractivity contribution is 0.361. The van der Waals surface area contributed by atoms with Crippen molar-refractivity contribution in [2.24, 2.45) is 5.10 Å². The van der Waals surface area contributed by atoms with Crippen molar-refractivity contribution >= 4 is 5.71 Å². The van der Waals surface area contributed by atoms with Gasteiger partial charge in [-0.05, 0) is 12.8 Å². The second-order valence-electron chi connectivity index (χ2n) is 4.84. The second kappa shape index (κ2) is 5.70. The van der Waals surface area contributed by atoms with Gasteiger partial charge in [0.1, 0.15) is 0 Å². The molecular weight excluding hydrogens is 232 g/mol. The first-order valence-corrected chi connectivity index (χ1v) is 6.88. The van der Waals surface area contributed by atoms with Crippen LogP contribution in [0.4, 0.5) is 0 Å². The third kappa shape index (κ3) is 2.84. The van der Waals surface area contributed by atoms with E-state index >= 15 is 0 Å². The van der Waals surface area contributed by atoms with E-state index in [1.54, 1.807) is 0 Å². The molecule has 0 spiro atoms. The summed E-state index contributed by atoms with van der Waals surface area (Å²) >= 11 is 0. The van der Waals surface area contributed by atoms with Crippen LogP contribution in [-0.4, -0.2) is 23.8 Å². The fraction of sp³-hybridized carbons (Fsp3) is 0.235. The third-order valence-corrected chi connectivity index (χ3v) is 3.42. The minimum atomic E-state index is 1.07. The van der Waals surface area contributed by atoms with E-state index in [2.05, 4.69) is 53.5 Å². The van der Waals surface area contributed by atoms with Crippen LogP contribution in [0.1, 0.15) is 24.0 Å². The zero-order chi connectivity index (χ0) is 12.9. The molecule has 2 aromatic carbocycles. The Morgan fingerprint density at radius 1 is 0.737 bits per heavy atom. The van der Waals surface area contributed by atoms with Crippen LogP contribution in [0.15, 0.2) is 65.8 Å². The Labute approximate surface area is 114 Å². The summed E-state index contributed by atoms with van der Waals surface area (Å²) in [5.74, 6) is 0. The molecule has 1 fully saturated rings. The van der Waals surface area contributed by atoms with Crippen molar-refractivity contribution in [3.63, 3.8) is 0 Å². The standard InChI is InChI=1S/C17H18N2/c1-3-9-15(10-4-1)17(16-11-5-2-6-12-16)18-19-13-7-8-14-19/h1-6,9-12H,7-8,13-14H2. The molecule has 0 radical (unpaired) electrons. The normalized spacial score (nSPS) is 14.4. The van der Waals surface area contributed by atoms with E-state index in [9.17, 15) is 0 Å². The Balaban J connectivity index is 2.01. The molecule has 0 aliphatic carbocycles. The Kier molecular flexibility index (Phi) is 3.59. The van der Waals surface area contributed by atoms with Crippen molar-refractivity contribution in [3.8, 4) is 0 Å². The number of rotatable bonds is 3. The summed E-state index contributed by atoms with van der Waals surface area (Å²) in [6, 6.07) is 20.9. The summed E-state index contributed by atoms with van der Waals surface area (Å²) in [7, 11) is 0. The van der Waals surface area contributed by atoms with Crippen LogP contribution in [0.2, 0.25) is 0 Å². The van der Waals surface area contributed by atoms with E-state index in [-0.39, 0.29) is 0 Å². The smallest absolute Gasteiger partial charge is 0.0976 e. The van der Waals surface area contributed by atoms with Crippen molar-refractivity contribution in [3.05, 3.63) is 71.8 Å². The third-order valence-electron chi connectivity index (χ3n) is 3.42. The fourth-order valence-corrected chi connectivity index (χ4v) is 2.42. The molecule has 0 saturated carbocycles. The SMILES string of the molecule is c1ccc(C(=NN2CCCC2)c2ccccc2)cc1. The maximum absolute atomic E-state index is 4.87. The van der Waals surface area contributed by atoms with E-state index in [1.165, 1.54) is 24.0 Å². The summed E-state index contributed by atoms with van der Waals surface area (Å²) in [6.07, 6.45) is 2.50. The van der Waals surface area contributed by atoms with Crippen molar-refractivity contribution in [1.29, 1.82) is 0 Å². The van der Waals surface area contributed by atoms with Crippen molar-refractivity contribution < 1.29 is 0 Å². The maximum atomic E-state index is 4.87. The predicted molar refractivity (Wildman–Crippen MR) is 79.3 cm³/mol. The second-order valence-corrected chi connectivity index (χ2v) is 4.84. The van der Waals surface area contributed by atoms with Gasteiger partial charge in [0.05, 0.1) is 5.71 Å². The van der Waals surface area contributed by atoms with Crippen LogP contribution >= 0.6 is 0 Å². The van der Waals surface area contributed by atoms with E-state index in [4.69, 9.17) is 5.10 Å². The van der Waals surface area contributed by atoms with Crippen LogP contribution < -0.4 is 0 Å². The Hall–Kier alpha value is -2.09. The summed E-state index contributed by atoms with van der Waals surface area (Å²) in [5, 5.41) is 7.06. The van der Waals surface area contributed by atoms with Gasteiger partial charge in [-0.1, -0.05) is 60.7 Å². The van der Waals surface area contributed by atoms with E-state index in [0.29, 0.717) is 0 Å². The highest BCUT2D eigenvalue weighted by Crippen LogP contribution is 2.15. The van der Waals surface area contributed by atoms with Gasteiger partial charge >= 0.3 is 0 Å². The summed E-state index contributed by atoms with van der Waals surface area (Å²) < 4.78 is 0. The molecule has 2 nitrogen and oxygen atoms in total. The molecule has 1 saturated heterocycles. The molecule has 0 atom stereocenters. The van der Waals surface area contributed by atoms with E-state index < -0.39 is 0 Å². The molecule has 3 rings (SSSR count). The lowest BCUT2D eigenvalue weighted by Gasteiger charge is -2.14.